The number of amides is 1. The Morgan fingerprint density at radius 3 is 2.35 bits per heavy atom. The van der Waals surface area contributed by atoms with Crippen molar-refractivity contribution in [2.45, 2.75) is 19.1 Å². The molecule has 1 aromatic carbocycles. The maximum Gasteiger partial charge on any atom is 0.407 e. The highest BCUT2D eigenvalue weighted by atomic mass is 16.5. The Kier molecular flexibility index (Phi) is 5.79. The first-order chi connectivity index (χ1) is 9.49. The standard InChI is InChI=1S/C13H17NO6/c1-3-20-13(18)14-10(12(16)17)11(15)8-4-6-9(19-2)7-5-8/h4-7,10-11,15H,3H2,1-2H3,(H,14,18)(H,16,17). The molecule has 0 saturated heterocycles. The van der Waals surface area contributed by atoms with Crippen LogP contribution in [0.2, 0.25) is 0 Å². The topological polar surface area (TPSA) is 105 Å². The molecule has 1 aromatic rings. The fourth-order valence-electron chi connectivity index (χ4n) is 1.57. The molecule has 7 nitrogen and oxygen atoms in total. The van der Waals surface area contributed by atoms with Crippen molar-refractivity contribution in [1.29, 1.82) is 0 Å². The van der Waals surface area contributed by atoms with Gasteiger partial charge in [0.05, 0.1) is 13.7 Å². The summed E-state index contributed by atoms with van der Waals surface area (Å²) in [4.78, 5) is 22.4. The van der Waals surface area contributed by atoms with Gasteiger partial charge < -0.3 is 25.0 Å². The summed E-state index contributed by atoms with van der Waals surface area (Å²) in [6.07, 6.45) is -2.30. The lowest BCUT2D eigenvalue weighted by Gasteiger charge is -2.20. The molecule has 0 aliphatic rings. The van der Waals surface area contributed by atoms with Crippen molar-refractivity contribution in [3.63, 3.8) is 0 Å². The van der Waals surface area contributed by atoms with Gasteiger partial charge >= 0.3 is 12.1 Å². The molecule has 1 amide bonds. The molecule has 0 aliphatic carbocycles. The fourth-order valence-corrected chi connectivity index (χ4v) is 1.57. The third kappa shape index (κ3) is 4.13. The van der Waals surface area contributed by atoms with Gasteiger partial charge in [0, 0.05) is 0 Å². The number of hydrogen-bond donors (Lipinski definition) is 3. The van der Waals surface area contributed by atoms with E-state index >= 15 is 0 Å². The highest BCUT2D eigenvalue weighted by molar-refractivity contribution is 5.80. The number of methoxy groups -OCH3 is 1. The van der Waals surface area contributed by atoms with Crippen LogP contribution in [0.1, 0.15) is 18.6 Å². The van der Waals surface area contributed by atoms with Crippen LogP contribution >= 0.6 is 0 Å². The van der Waals surface area contributed by atoms with Gasteiger partial charge in [0.25, 0.3) is 0 Å². The van der Waals surface area contributed by atoms with Crippen molar-refractivity contribution in [3.05, 3.63) is 29.8 Å². The van der Waals surface area contributed by atoms with Gasteiger partial charge in [-0.05, 0) is 24.6 Å². The zero-order valence-corrected chi connectivity index (χ0v) is 11.2. The third-order valence-corrected chi connectivity index (χ3v) is 2.59. The summed E-state index contributed by atoms with van der Waals surface area (Å²) in [6, 6.07) is 4.71. The van der Waals surface area contributed by atoms with Crippen molar-refractivity contribution in [1.82, 2.24) is 5.32 Å². The molecule has 7 heteroatoms. The van der Waals surface area contributed by atoms with Gasteiger partial charge in [-0.25, -0.2) is 9.59 Å². The van der Waals surface area contributed by atoms with Gasteiger partial charge in [0.2, 0.25) is 0 Å². The van der Waals surface area contributed by atoms with Crippen molar-refractivity contribution in [2.24, 2.45) is 0 Å². The maximum atomic E-state index is 11.3. The van der Waals surface area contributed by atoms with Gasteiger partial charge in [0.15, 0.2) is 6.04 Å². The molecule has 3 N–H and O–H groups in total. The monoisotopic (exact) mass is 283 g/mol. The molecule has 0 spiro atoms. The van der Waals surface area contributed by atoms with Crippen LogP contribution < -0.4 is 10.1 Å². The molecule has 0 heterocycles. The number of carboxylic acids is 1. The summed E-state index contributed by atoms with van der Waals surface area (Å²) in [6.45, 7) is 1.70. The Bertz CT molecular complexity index is 458. The summed E-state index contributed by atoms with van der Waals surface area (Å²) >= 11 is 0. The minimum Gasteiger partial charge on any atom is -0.497 e. The van der Waals surface area contributed by atoms with Gasteiger partial charge in [-0.15, -0.1) is 0 Å². The van der Waals surface area contributed by atoms with E-state index < -0.39 is 24.2 Å². The second-order valence-electron chi connectivity index (χ2n) is 3.90. The summed E-state index contributed by atoms with van der Waals surface area (Å²) in [5, 5.41) is 21.2. The number of carbonyl (C=O) groups excluding carboxylic acids is 1. The van der Waals surface area contributed by atoms with Crippen LogP contribution in [-0.2, 0) is 9.53 Å². The zero-order valence-electron chi connectivity index (χ0n) is 11.2. The van der Waals surface area contributed by atoms with Crippen LogP contribution in [0.3, 0.4) is 0 Å². The van der Waals surface area contributed by atoms with E-state index in [1.807, 2.05) is 0 Å². The van der Waals surface area contributed by atoms with Crippen LogP contribution in [0.5, 0.6) is 5.75 Å². The van der Waals surface area contributed by atoms with Crippen molar-refractivity contribution in [2.75, 3.05) is 13.7 Å². The number of nitrogens with one attached hydrogen (secondary N) is 1. The smallest absolute Gasteiger partial charge is 0.407 e. The minimum atomic E-state index is -1.50. The van der Waals surface area contributed by atoms with E-state index in [1.165, 1.54) is 19.2 Å². The van der Waals surface area contributed by atoms with E-state index in [4.69, 9.17) is 9.84 Å². The van der Waals surface area contributed by atoms with Crippen LogP contribution in [0.25, 0.3) is 0 Å². The van der Waals surface area contributed by atoms with Crippen LogP contribution in [0.15, 0.2) is 24.3 Å². The molecule has 2 unspecified atom stereocenters. The Morgan fingerprint density at radius 1 is 1.30 bits per heavy atom. The van der Waals surface area contributed by atoms with Gasteiger partial charge in [-0.2, -0.15) is 0 Å². The van der Waals surface area contributed by atoms with E-state index in [9.17, 15) is 14.7 Å². The number of ether oxygens (including phenoxy) is 2. The Labute approximate surface area is 116 Å². The molecule has 0 aromatic heterocycles. The largest absolute Gasteiger partial charge is 0.497 e. The van der Waals surface area contributed by atoms with E-state index in [-0.39, 0.29) is 6.61 Å². The highest BCUT2D eigenvalue weighted by Crippen LogP contribution is 2.20. The quantitative estimate of drug-likeness (QED) is 0.717. The number of rotatable bonds is 6. The SMILES string of the molecule is CCOC(=O)NC(C(=O)O)C(O)c1ccc(OC)cc1. The summed E-state index contributed by atoms with van der Waals surface area (Å²) < 4.78 is 9.57. The maximum absolute atomic E-state index is 11.3. The molecule has 0 fully saturated rings. The van der Waals surface area contributed by atoms with Crippen molar-refractivity contribution in [3.8, 4) is 5.75 Å². The molecular formula is C13H17NO6. The average Bonchev–Trinajstić information content (AvgIpc) is 2.44. The average molecular weight is 283 g/mol. The lowest BCUT2D eigenvalue weighted by atomic mass is 10.0. The molecule has 0 aliphatic heterocycles. The predicted octanol–water partition coefficient (Wildman–Crippen LogP) is 0.928. The van der Waals surface area contributed by atoms with Gasteiger partial charge in [-0.1, -0.05) is 12.1 Å². The Hall–Kier alpha value is -2.28. The lowest BCUT2D eigenvalue weighted by molar-refractivity contribution is -0.142. The molecular weight excluding hydrogens is 266 g/mol. The number of aliphatic hydroxyl groups is 1. The van der Waals surface area contributed by atoms with E-state index in [2.05, 4.69) is 10.1 Å². The number of carboxylic acid groups (broad SMARTS) is 1. The van der Waals surface area contributed by atoms with Crippen LogP contribution in [0, 0.1) is 0 Å². The zero-order chi connectivity index (χ0) is 15.1. The molecule has 2 atom stereocenters. The first kappa shape index (κ1) is 15.8. The number of alkyl carbamates (subject to hydrolysis) is 1. The molecule has 1 rings (SSSR count). The number of carbonyl (C=O) groups is 2. The van der Waals surface area contributed by atoms with Crippen LogP contribution in [0.4, 0.5) is 4.79 Å². The normalized spacial score (nSPS) is 13.2. The Morgan fingerprint density at radius 2 is 1.90 bits per heavy atom. The molecule has 0 radical (unpaired) electrons. The van der Waals surface area contributed by atoms with Crippen LogP contribution in [-0.4, -0.2) is 42.0 Å². The lowest BCUT2D eigenvalue weighted by Crippen LogP contribution is -2.45. The Balaban J connectivity index is 2.84. The fraction of sp³-hybridized carbons (Fsp3) is 0.385. The molecule has 0 bridgehead atoms. The van der Waals surface area contributed by atoms with Crippen molar-refractivity contribution >= 4 is 12.1 Å². The second kappa shape index (κ2) is 7.34. The summed E-state index contributed by atoms with van der Waals surface area (Å²) in [7, 11) is 1.49. The highest BCUT2D eigenvalue weighted by Gasteiger charge is 2.30. The first-order valence-electron chi connectivity index (χ1n) is 5.97. The number of benzene rings is 1. The molecule has 0 saturated carbocycles. The number of aliphatic carboxylic acids is 1. The first-order valence-corrected chi connectivity index (χ1v) is 5.97. The van der Waals surface area contributed by atoms with E-state index in [0.29, 0.717) is 11.3 Å². The van der Waals surface area contributed by atoms with Gasteiger partial charge in [-0.3, -0.25) is 0 Å². The second-order valence-corrected chi connectivity index (χ2v) is 3.90. The van der Waals surface area contributed by atoms with Gasteiger partial charge in [0.1, 0.15) is 11.9 Å². The predicted molar refractivity (Wildman–Crippen MR) is 69.5 cm³/mol. The number of aliphatic hydroxyl groups excluding tert-OH is 1. The molecule has 20 heavy (non-hydrogen) atoms. The summed E-state index contributed by atoms with van der Waals surface area (Å²) in [5.74, 6) is -0.785. The van der Waals surface area contributed by atoms with Crippen molar-refractivity contribution < 1.29 is 29.3 Å². The summed E-state index contributed by atoms with van der Waals surface area (Å²) in [5.41, 5.74) is 0.343. The molecule has 110 valence electrons. The number of hydrogen-bond acceptors (Lipinski definition) is 5. The van der Waals surface area contributed by atoms with E-state index in [1.54, 1.807) is 19.1 Å². The minimum absolute atomic E-state index is 0.108. The van der Waals surface area contributed by atoms with E-state index in [0.717, 1.165) is 0 Å². The third-order valence-electron chi connectivity index (χ3n) is 2.59.